The van der Waals surface area contributed by atoms with Crippen LogP contribution in [0.25, 0.3) is 0 Å². The Bertz CT molecular complexity index is 425. The number of likely N-dealkylation sites (N-methyl/N-ethyl adjacent to an activating group) is 1. The summed E-state index contributed by atoms with van der Waals surface area (Å²) in [7, 11) is 2.16. The molecule has 3 rings (SSSR count). The normalized spacial score (nSPS) is 22.9. The highest BCUT2D eigenvalue weighted by atomic mass is 16.5. The largest absolute Gasteiger partial charge is 0.377 e. The highest BCUT2D eigenvalue weighted by Crippen LogP contribution is 2.18. The Morgan fingerprint density at radius 1 is 1.38 bits per heavy atom. The molecule has 2 fully saturated rings. The molecule has 2 heterocycles. The standard InChI is InChI=1S/C15H27N5O/c1-19(12-15-4-2-3-9-21-15)7-8-20-11-14(17-18-20)10-16-13-5-6-13/h11,13,15-16H,2-10,12H2,1H3. The van der Waals surface area contributed by atoms with Gasteiger partial charge >= 0.3 is 0 Å². The number of nitrogens with one attached hydrogen (secondary N) is 1. The van der Waals surface area contributed by atoms with Crippen molar-refractivity contribution >= 4 is 0 Å². The van der Waals surface area contributed by atoms with Gasteiger partial charge in [-0.3, -0.25) is 4.68 Å². The summed E-state index contributed by atoms with van der Waals surface area (Å²) in [5.74, 6) is 0. The molecule has 2 aliphatic rings. The lowest BCUT2D eigenvalue weighted by Gasteiger charge is -2.27. The predicted octanol–water partition coefficient (Wildman–Crippen LogP) is 1.03. The van der Waals surface area contributed by atoms with Gasteiger partial charge in [-0.05, 0) is 39.2 Å². The third kappa shape index (κ3) is 5.05. The Balaban J connectivity index is 1.35. The van der Waals surface area contributed by atoms with Crippen LogP contribution in [0.15, 0.2) is 6.20 Å². The molecule has 0 bridgehead atoms. The average molecular weight is 293 g/mol. The van der Waals surface area contributed by atoms with Gasteiger partial charge < -0.3 is 15.0 Å². The van der Waals surface area contributed by atoms with Crippen LogP contribution >= 0.6 is 0 Å². The van der Waals surface area contributed by atoms with E-state index in [0.29, 0.717) is 6.10 Å². The minimum absolute atomic E-state index is 0.415. The van der Waals surface area contributed by atoms with Crippen molar-refractivity contribution in [1.82, 2.24) is 25.2 Å². The second-order valence-electron chi connectivity index (χ2n) is 6.38. The molecular formula is C15H27N5O. The first-order chi connectivity index (χ1) is 10.3. The van der Waals surface area contributed by atoms with Gasteiger partial charge in [0.25, 0.3) is 0 Å². The molecule has 1 saturated carbocycles. The van der Waals surface area contributed by atoms with Crippen molar-refractivity contribution in [2.75, 3.05) is 26.7 Å². The monoisotopic (exact) mass is 293 g/mol. The van der Waals surface area contributed by atoms with Crippen molar-refractivity contribution in [1.29, 1.82) is 0 Å². The van der Waals surface area contributed by atoms with Gasteiger partial charge in [0.05, 0.1) is 18.3 Å². The molecule has 0 spiro atoms. The minimum atomic E-state index is 0.415. The quantitative estimate of drug-likeness (QED) is 0.776. The van der Waals surface area contributed by atoms with Crippen molar-refractivity contribution in [3.8, 4) is 0 Å². The Morgan fingerprint density at radius 3 is 3.05 bits per heavy atom. The molecular weight excluding hydrogens is 266 g/mol. The summed E-state index contributed by atoms with van der Waals surface area (Å²) < 4.78 is 7.73. The van der Waals surface area contributed by atoms with Gasteiger partial charge in [-0.1, -0.05) is 5.21 Å². The molecule has 0 amide bonds. The molecule has 1 saturated heterocycles. The van der Waals surface area contributed by atoms with Crippen molar-refractivity contribution in [2.45, 2.75) is 57.3 Å². The summed E-state index contributed by atoms with van der Waals surface area (Å²) in [6.07, 6.45) is 8.81. The second kappa shape index (κ2) is 7.33. The van der Waals surface area contributed by atoms with Crippen LogP contribution in [-0.4, -0.2) is 58.8 Å². The fraction of sp³-hybridized carbons (Fsp3) is 0.867. The number of ether oxygens (including phenoxy) is 1. The van der Waals surface area contributed by atoms with E-state index >= 15 is 0 Å². The highest BCUT2D eigenvalue weighted by Gasteiger charge is 2.20. The predicted molar refractivity (Wildman–Crippen MR) is 81.0 cm³/mol. The van der Waals surface area contributed by atoms with Crippen LogP contribution in [-0.2, 0) is 17.8 Å². The topological polar surface area (TPSA) is 55.2 Å². The van der Waals surface area contributed by atoms with E-state index in [4.69, 9.17) is 4.74 Å². The first kappa shape index (κ1) is 14.9. The lowest BCUT2D eigenvalue weighted by atomic mass is 10.1. The first-order valence-corrected chi connectivity index (χ1v) is 8.22. The van der Waals surface area contributed by atoms with Gasteiger partial charge in [0.1, 0.15) is 0 Å². The maximum atomic E-state index is 5.78. The Kier molecular flexibility index (Phi) is 5.22. The van der Waals surface area contributed by atoms with Crippen molar-refractivity contribution in [2.24, 2.45) is 0 Å². The second-order valence-corrected chi connectivity index (χ2v) is 6.38. The average Bonchev–Trinajstić information content (AvgIpc) is 3.22. The first-order valence-electron chi connectivity index (χ1n) is 8.22. The fourth-order valence-corrected chi connectivity index (χ4v) is 2.73. The van der Waals surface area contributed by atoms with Gasteiger partial charge in [0.15, 0.2) is 0 Å². The smallest absolute Gasteiger partial charge is 0.0964 e. The van der Waals surface area contributed by atoms with E-state index in [1.54, 1.807) is 0 Å². The van der Waals surface area contributed by atoms with E-state index in [0.717, 1.165) is 44.5 Å². The molecule has 1 N–H and O–H groups in total. The van der Waals surface area contributed by atoms with E-state index in [-0.39, 0.29) is 0 Å². The zero-order chi connectivity index (χ0) is 14.5. The molecule has 6 nitrogen and oxygen atoms in total. The van der Waals surface area contributed by atoms with Crippen molar-refractivity contribution in [3.63, 3.8) is 0 Å². The SMILES string of the molecule is CN(CCn1cc(CNC2CC2)nn1)CC1CCCCO1. The van der Waals surface area contributed by atoms with Crippen molar-refractivity contribution < 1.29 is 4.74 Å². The Labute approximate surface area is 126 Å². The number of hydrogen-bond acceptors (Lipinski definition) is 5. The molecule has 118 valence electrons. The molecule has 1 aromatic rings. The van der Waals surface area contributed by atoms with Gasteiger partial charge in [0.2, 0.25) is 0 Å². The number of nitrogens with zero attached hydrogens (tertiary/aromatic N) is 4. The van der Waals surface area contributed by atoms with Crippen LogP contribution < -0.4 is 5.32 Å². The molecule has 0 radical (unpaired) electrons. The van der Waals surface area contributed by atoms with Crippen LogP contribution in [0.1, 0.15) is 37.8 Å². The number of rotatable bonds is 8. The van der Waals surface area contributed by atoms with E-state index in [1.807, 2.05) is 4.68 Å². The molecule has 1 atom stereocenters. The molecule has 1 unspecified atom stereocenters. The van der Waals surface area contributed by atoms with Gasteiger partial charge in [-0.15, -0.1) is 5.10 Å². The van der Waals surface area contributed by atoms with Gasteiger partial charge in [-0.2, -0.15) is 0 Å². The maximum Gasteiger partial charge on any atom is 0.0964 e. The van der Waals surface area contributed by atoms with Crippen LogP contribution in [0, 0.1) is 0 Å². The van der Waals surface area contributed by atoms with Crippen LogP contribution in [0.4, 0.5) is 0 Å². The van der Waals surface area contributed by atoms with Gasteiger partial charge in [-0.25, -0.2) is 0 Å². The van der Waals surface area contributed by atoms with Crippen LogP contribution in [0.5, 0.6) is 0 Å². The van der Waals surface area contributed by atoms with Crippen LogP contribution in [0.3, 0.4) is 0 Å². The molecule has 1 aliphatic heterocycles. The maximum absolute atomic E-state index is 5.78. The van der Waals surface area contributed by atoms with Crippen LogP contribution in [0.2, 0.25) is 0 Å². The summed E-state index contributed by atoms with van der Waals surface area (Å²) >= 11 is 0. The summed E-state index contributed by atoms with van der Waals surface area (Å²) in [5, 5.41) is 11.9. The zero-order valence-corrected chi connectivity index (χ0v) is 13.0. The Morgan fingerprint density at radius 2 is 2.29 bits per heavy atom. The van der Waals surface area contributed by atoms with Gasteiger partial charge in [0, 0.05) is 38.5 Å². The third-order valence-corrected chi connectivity index (χ3v) is 4.24. The number of aromatic nitrogens is 3. The third-order valence-electron chi connectivity index (χ3n) is 4.24. The van der Waals surface area contributed by atoms with E-state index in [1.165, 1.54) is 32.1 Å². The molecule has 1 aliphatic carbocycles. The summed E-state index contributed by atoms with van der Waals surface area (Å²) in [6, 6.07) is 0.719. The van der Waals surface area contributed by atoms with E-state index < -0.39 is 0 Å². The summed E-state index contributed by atoms with van der Waals surface area (Å²) in [5.41, 5.74) is 1.04. The van der Waals surface area contributed by atoms with E-state index in [9.17, 15) is 0 Å². The van der Waals surface area contributed by atoms with Crippen molar-refractivity contribution in [3.05, 3.63) is 11.9 Å². The molecule has 0 aromatic carbocycles. The lowest BCUT2D eigenvalue weighted by Crippen LogP contribution is -2.35. The molecule has 1 aromatic heterocycles. The summed E-state index contributed by atoms with van der Waals surface area (Å²) in [4.78, 5) is 2.33. The highest BCUT2D eigenvalue weighted by molar-refractivity contribution is 4.94. The lowest BCUT2D eigenvalue weighted by molar-refractivity contribution is -0.00194. The fourth-order valence-electron chi connectivity index (χ4n) is 2.73. The number of hydrogen-bond donors (Lipinski definition) is 1. The minimum Gasteiger partial charge on any atom is -0.377 e. The molecule has 6 heteroatoms. The van der Waals surface area contributed by atoms with E-state index in [2.05, 4.69) is 33.8 Å². The Hall–Kier alpha value is -0.980. The molecule has 21 heavy (non-hydrogen) atoms. The zero-order valence-electron chi connectivity index (χ0n) is 13.0. The summed E-state index contributed by atoms with van der Waals surface area (Å²) in [6.45, 7) is 4.67.